The van der Waals surface area contributed by atoms with Crippen molar-refractivity contribution in [2.75, 3.05) is 19.6 Å². The zero-order chi connectivity index (χ0) is 17.1. The van der Waals surface area contributed by atoms with E-state index in [1.165, 1.54) is 81.5 Å². The van der Waals surface area contributed by atoms with E-state index in [0.717, 1.165) is 6.04 Å². The summed E-state index contributed by atoms with van der Waals surface area (Å²) < 4.78 is 1.45. The zero-order valence-electron chi connectivity index (χ0n) is 17.4. The van der Waals surface area contributed by atoms with Crippen LogP contribution in [0.2, 0.25) is 25.7 Å². The fourth-order valence-corrected chi connectivity index (χ4v) is 5.92. The van der Waals surface area contributed by atoms with Crippen LogP contribution in [0.15, 0.2) is 0 Å². The van der Waals surface area contributed by atoms with Crippen molar-refractivity contribution >= 4 is 8.07 Å². The molecule has 3 heteroatoms. The first-order valence-corrected chi connectivity index (χ1v) is 13.9. The van der Waals surface area contributed by atoms with Gasteiger partial charge in [-0.05, 0) is 31.7 Å². The van der Waals surface area contributed by atoms with Gasteiger partial charge in [0.25, 0.3) is 0 Å². The van der Waals surface area contributed by atoms with Crippen LogP contribution in [-0.2, 0) is 0 Å². The minimum absolute atomic E-state index is 0. The van der Waals surface area contributed by atoms with Crippen LogP contribution in [0.25, 0.3) is 0 Å². The van der Waals surface area contributed by atoms with E-state index in [1.54, 1.807) is 0 Å². The van der Waals surface area contributed by atoms with Crippen molar-refractivity contribution < 1.29 is 9.19 Å². The van der Waals surface area contributed by atoms with E-state index in [-0.39, 0.29) is 4.70 Å². The molecule has 0 aliphatic rings. The van der Waals surface area contributed by atoms with Gasteiger partial charge in [0, 0.05) is 0 Å². The Labute approximate surface area is 148 Å². The van der Waals surface area contributed by atoms with Crippen LogP contribution in [-0.4, -0.2) is 38.2 Å². The fraction of sp³-hybridized carbons (Fsp3) is 1.00. The highest BCUT2D eigenvalue weighted by Crippen LogP contribution is 2.29. The summed E-state index contributed by atoms with van der Waals surface area (Å²) in [6.07, 6.45) is 11.1. The van der Waals surface area contributed by atoms with E-state index >= 15 is 0 Å². The highest BCUT2D eigenvalue weighted by Gasteiger charge is 2.37. The van der Waals surface area contributed by atoms with Crippen molar-refractivity contribution in [1.29, 1.82) is 0 Å². The molecule has 0 saturated carbocycles. The fourth-order valence-electron chi connectivity index (χ4n) is 3.91. The lowest BCUT2D eigenvalue weighted by Crippen LogP contribution is -3.00. The highest BCUT2D eigenvalue weighted by molar-refractivity contribution is 6.76. The van der Waals surface area contributed by atoms with Gasteiger partial charge in [0.1, 0.15) is 0 Å². The minimum Gasteiger partial charge on any atom is -1.00 e. The largest absolute Gasteiger partial charge is 1.00 e. The Morgan fingerprint density at radius 2 is 1.09 bits per heavy atom. The second-order valence-electron chi connectivity index (χ2n) is 8.66. The third-order valence-corrected chi connectivity index (χ3v) is 6.81. The van der Waals surface area contributed by atoms with Crippen LogP contribution in [0.3, 0.4) is 0 Å². The number of hydrogen-bond donors (Lipinski definition) is 0. The van der Waals surface area contributed by atoms with Crippen molar-refractivity contribution in [2.24, 2.45) is 0 Å². The van der Waals surface area contributed by atoms with Gasteiger partial charge < -0.3 is 9.19 Å². The van der Waals surface area contributed by atoms with Crippen LogP contribution in [0, 0.1) is 0 Å². The Morgan fingerprint density at radius 1 is 0.696 bits per heavy atom. The number of nitrogens with zero attached hydrogens (tertiary/aromatic N) is 1. The molecule has 0 aliphatic heterocycles. The van der Waals surface area contributed by atoms with Crippen molar-refractivity contribution in [3.8, 4) is 0 Å². The highest BCUT2D eigenvalue weighted by atomic mass is 28.3. The third-order valence-electron chi connectivity index (χ3n) is 5.12. The lowest BCUT2D eigenvalue weighted by Gasteiger charge is -2.47. The summed E-state index contributed by atoms with van der Waals surface area (Å²) in [5.74, 6) is 0. The van der Waals surface area contributed by atoms with Gasteiger partial charge in [0.15, 0.2) is 0 Å². The molecular formula is C20H46FNSi. The molecule has 0 rings (SSSR count). The zero-order valence-corrected chi connectivity index (χ0v) is 18.4. The molecule has 0 spiro atoms. The predicted molar refractivity (Wildman–Crippen MR) is 106 cm³/mol. The van der Waals surface area contributed by atoms with Crippen LogP contribution < -0.4 is 4.70 Å². The minimum atomic E-state index is -1.00. The number of halogens is 1. The first-order chi connectivity index (χ1) is 10.3. The molecule has 0 aromatic carbocycles. The van der Waals surface area contributed by atoms with E-state index in [2.05, 4.69) is 47.3 Å². The number of quaternary nitrogens is 1. The van der Waals surface area contributed by atoms with Gasteiger partial charge in [0.05, 0.1) is 33.7 Å². The average Bonchev–Trinajstić information content (AvgIpc) is 2.45. The maximum atomic E-state index is 2.57. The summed E-state index contributed by atoms with van der Waals surface area (Å²) in [6, 6.07) is 2.46. The molecule has 1 nitrogen and oxygen atoms in total. The molecule has 0 fully saturated rings. The summed E-state index contributed by atoms with van der Waals surface area (Å²) in [4.78, 5) is 0. The molecule has 0 heterocycles. The molecule has 0 aromatic heterocycles. The maximum Gasteiger partial charge on any atom is 0.0866 e. The first kappa shape index (κ1) is 25.3. The van der Waals surface area contributed by atoms with Crippen molar-refractivity contribution in [1.82, 2.24) is 0 Å². The van der Waals surface area contributed by atoms with Gasteiger partial charge in [-0.1, -0.05) is 73.0 Å². The number of rotatable bonds is 14. The Hall–Kier alpha value is 0.107. The molecule has 0 saturated heterocycles. The monoisotopic (exact) mass is 347 g/mol. The van der Waals surface area contributed by atoms with Gasteiger partial charge in [-0.15, -0.1) is 0 Å². The van der Waals surface area contributed by atoms with E-state index in [1.807, 2.05) is 0 Å². The lowest BCUT2D eigenvalue weighted by molar-refractivity contribution is -0.950. The van der Waals surface area contributed by atoms with Gasteiger partial charge in [-0.3, -0.25) is 0 Å². The van der Waals surface area contributed by atoms with Crippen molar-refractivity contribution in [2.45, 2.75) is 111 Å². The van der Waals surface area contributed by atoms with E-state index in [0.29, 0.717) is 0 Å². The SMILES string of the molecule is CCCC[N+](CCCC)(CCCC)C(CCC)C[Si](C)(C)C.[F-]. The lowest BCUT2D eigenvalue weighted by atomic mass is 10.0. The van der Waals surface area contributed by atoms with Crippen LogP contribution >= 0.6 is 0 Å². The maximum absolute atomic E-state index is 2.57. The second-order valence-corrected chi connectivity index (χ2v) is 14.2. The van der Waals surface area contributed by atoms with Gasteiger partial charge in [-0.2, -0.15) is 0 Å². The summed E-state index contributed by atoms with van der Waals surface area (Å²) in [6.45, 7) is 21.5. The first-order valence-electron chi connectivity index (χ1n) is 10.2. The van der Waals surface area contributed by atoms with Crippen LogP contribution in [0.4, 0.5) is 0 Å². The molecule has 0 aromatic rings. The van der Waals surface area contributed by atoms with E-state index in [4.69, 9.17) is 0 Å². The predicted octanol–water partition coefficient (Wildman–Crippen LogP) is 3.71. The Balaban J connectivity index is 0. The number of unbranched alkanes of at least 4 members (excludes halogenated alkanes) is 3. The topological polar surface area (TPSA) is 0 Å². The van der Waals surface area contributed by atoms with E-state index < -0.39 is 8.07 Å². The molecular weight excluding hydrogens is 301 g/mol. The second kappa shape index (κ2) is 13.4. The summed E-state index contributed by atoms with van der Waals surface area (Å²) >= 11 is 0. The Kier molecular flexibility index (Phi) is 14.8. The average molecular weight is 348 g/mol. The third kappa shape index (κ3) is 10.5. The molecule has 1 atom stereocenters. The molecule has 0 radical (unpaired) electrons. The van der Waals surface area contributed by atoms with E-state index in [9.17, 15) is 0 Å². The quantitative estimate of drug-likeness (QED) is 0.332. The normalized spacial score (nSPS) is 13.7. The molecule has 23 heavy (non-hydrogen) atoms. The standard InChI is InChI=1S/C20H46NSi.FH/c1-8-12-16-21(17-13-9-2,18-14-10-3)20(15-11-4)19-22(5,6)7;/h20H,8-19H2,1-7H3;1H/q+1;/p-1. The van der Waals surface area contributed by atoms with Gasteiger partial charge >= 0.3 is 0 Å². The van der Waals surface area contributed by atoms with Gasteiger partial charge in [-0.25, -0.2) is 0 Å². The molecule has 1 unspecified atom stereocenters. The Bertz CT molecular complexity index is 241. The number of hydrogen-bond acceptors (Lipinski definition) is 0. The summed E-state index contributed by atoms with van der Waals surface area (Å²) in [5, 5.41) is 0. The van der Waals surface area contributed by atoms with Crippen molar-refractivity contribution in [3.05, 3.63) is 0 Å². The molecule has 0 aliphatic carbocycles. The van der Waals surface area contributed by atoms with Crippen molar-refractivity contribution in [3.63, 3.8) is 0 Å². The molecule has 0 N–H and O–H groups in total. The molecule has 0 amide bonds. The Morgan fingerprint density at radius 3 is 1.35 bits per heavy atom. The van der Waals surface area contributed by atoms with Gasteiger partial charge in [0.2, 0.25) is 0 Å². The van der Waals surface area contributed by atoms with Crippen LogP contribution in [0.5, 0.6) is 0 Å². The van der Waals surface area contributed by atoms with Crippen LogP contribution in [0.1, 0.15) is 79.1 Å². The summed E-state index contributed by atoms with van der Waals surface area (Å²) in [7, 11) is -1.00. The smallest absolute Gasteiger partial charge is 0.0866 e. The molecule has 142 valence electrons. The summed E-state index contributed by atoms with van der Waals surface area (Å²) in [5.41, 5.74) is 0. The molecule has 0 bridgehead atoms.